The second-order valence-corrected chi connectivity index (χ2v) is 5.60. The number of hydrogen-bond acceptors (Lipinski definition) is 3. The Labute approximate surface area is 127 Å². The molecule has 0 aromatic heterocycles. The predicted octanol–water partition coefficient (Wildman–Crippen LogP) is 2.76. The SMILES string of the molecule is OCc1cccc(CNCC(O)c2cccc(Br)c2)c1. The number of rotatable bonds is 6. The maximum absolute atomic E-state index is 10.1. The van der Waals surface area contributed by atoms with Gasteiger partial charge in [0.05, 0.1) is 12.7 Å². The Bertz CT molecular complexity index is 560. The Balaban J connectivity index is 1.86. The summed E-state index contributed by atoms with van der Waals surface area (Å²) in [7, 11) is 0. The van der Waals surface area contributed by atoms with E-state index in [4.69, 9.17) is 5.11 Å². The van der Waals surface area contributed by atoms with Crippen LogP contribution in [-0.4, -0.2) is 16.8 Å². The van der Waals surface area contributed by atoms with Crippen molar-refractivity contribution in [2.24, 2.45) is 0 Å². The first-order valence-electron chi connectivity index (χ1n) is 6.52. The fraction of sp³-hybridized carbons (Fsp3) is 0.250. The minimum absolute atomic E-state index is 0.0501. The van der Waals surface area contributed by atoms with Gasteiger partial charge in [-0.05, 0) is 28.8 Å². The van der Waals surface area contributed by atoms with Crippen LogP contribution in [0.2, 0.25) is 0 Å². The van der Waals surface area contributed by atoms with Crippen molar-refractivity contribution >= 4 is 15.9 Å². The molecule has 0 aliphatic heterocycles. The zero-order chi connectivity index (χ0) is 14.4. The van der Waals surface area contributed by atoms with E-state index in [9.17, 15) is 5.11 Å². The normalized spacial score (nSPS) is 12.3. The van der Waals surface area contributed by atoms with Gasteiger partial charge in [-0.3, -0.25) is 0 Å². The molecule has 0 saturated carbocycles. The zero-order valence-electron chi connectivity index (χ0n) is 11.1. The molecule has 0 radical (unpaired) electrons. The van der Waals surface area contributed by atoms with Crippen LogP contribution < -0.4 is 5.32 Å². The standard InChI is InChI=1S/C16H18BrNO2/c17-15-6-2-5-14(8-15)16(20)10-18-9-12-3-1-4-13(7-12)11-19/h1-8,16,18-20H,9-11H2. The first-order valence-corrected chi connectivity index (χ1v) is 7.31. The molecule has 2 aromatic carbocycles. The van der Waals surface area contributed by atoms with Crippen molar-refractivity contribution in [2.75, 3.05) is 6.54 Å². The maximum atomic E-state index is 10.1. The van der Waals surface area contributed by atoms with E-state index < -0.39 is 6.10 Å². The van der Waals surface area contributed by atoms with Gasteiger partial charge in [0.25, 0.3) is 0 Å². The second-order valence-electron chi connectivity index (χ2n) is 4.68. The molecule has 0 heterocycles. The number of halogens is 1. The van der Waals surface area contributed by atoms with E-state index in [1.165, 1.54) is 0 Å². The van der Waals surface area contributed by atoms with Crippen LogP contribution in [0, 0.1) is 0 Å². The van der Waals surface area contributed by atoms with Crippen molar-refractivity contribution in [3.63, 3.8) is 0 Å². The highest BCUT2D eigenvalue weighted by molar-refractivity contribution is 9.10. The Morgan fingerprint density at radius 2 is 1.80 bits per heavy atom. The summed E-state index contributed by atoms with van der Waals surface area (Å²) in [6.07, 6.45) is -0.534. The van der Waals surface area contributed by atoms with Crippen LogP contribution in [-0.2, 0) is 13.2 Å². The Hall–Kier alpha value is -1.20. The van der Waals surface area contributed by atoms with Crippen molar-refractivity contribution < 1.29 is 10.2 Å². The maximum Gasteiger partial charge on any atom is 0.0914 e. The molecule has 0 aliphatic rings. The number of aliphatic hydroxyl groups excluding tert-OH is 2. The predicted molar refractivity (Wildman–Crippen MR) is 83.2 cm³/mol. The first kappa shape index (κ1) is 15.2. The largest absolute Gasteiger partial charge is 0.392 e. The van der Waals surface area contributed by atoms with Gasteiger partial charge in [0.2, 0.25) is 0 Å². The molecule has 0 fully saturated rings. The second kappa shape index (κ2) is 7.55. The highest BCUT2D eigenvalue weighted by Gasteiger charge is 2.07. The average Bonchev–Trinajstić information content (AvgIpc) is 2.47. The molecule has 2 aromatic rings. The summed E-state index contributed by atoms with van der Waals surface area (Å²) in [5.74, 6) is 0. The summed E-state index contributed by atoms with van der Waals surface area (Å²) in [5, 5.41) is 22.4. The number of hydrogen-bond donors (Lipinski definition) is 3. The van der Waals surface area contributed by atoms with Crippen LogP contribution in [0.3, 0.4) is 0 Å². The van der Waals surface area contributed by atoms with Crippen LogP contribution in [0.4, 0.5) is 0 Å². The fourth-order valence-electron chi connectivity index (χ4n) is 2.02. The molecule has 3 nitrogen and oxygen atoms in total. The quantitative estimate of drug-likeness (QED) is 0.760. The van der Waals surface area contributed by atoms with E-state index >= 15 is 0 Å². The molecule has 0 aliphatic carbocycles. The Morgan fingerprint density at radius 3 is 2.55 bits per heavy atom. The van der Waals surface area contributed by atoms with Gasteiger partial charge in [0.1, 0.15) is 0 Å². The number of aliphatic hydroxyl groups is 2. The Morgan fingerprint density at radius 1 is 1.05 bits per heavy atom. The van der Waals surface area contributed by atoms with Gasteiger partial charge in [-0.15, -0.1) is 0 Å². The molecule has 4 heteroatoms. The van der Waals surface area contributed by atoms with E-state index in [0.717, 1.165) is 21.2 Å². The smallest absolute Gasteiger partial charge is 0.0914 e. The fourth-order valence-corrected chi connectivity index (χ4v) is 2.44. The summed E-state index contributed by atoms with van der Waals surface area (Å²) in [6.45, 7) is 1.20. The first-order chi connectivity index (χ1) is 9.69. The third-order valence-corrected chi connectivity index (χ3v) is 3.57. The Kier molecular flexibility index (Phi) is 5.73. The molecule has 1 unspecified atom stereocenters. The highest BCUT2D eigenvalue weighted by Crippen LogP contribution is 2.17. The van der Waals surface area contributed by atoms with Crippen LogP contribution in [0.5, 0.6) is 0 Å². The lowest BCUT2D eigenvalue weighted by Crippen LogP contribution is -2.21. The van der Waals surface area contributed by atoms with Crippen molar-refractivity contribution in [1.82, 2.24) is 5.32 Å². The third kappa shape index (κ3) is 4.42. The zero-order valence-corrected chi connectivity index (χ0v) is 12.7. The summed E-state index contributed by atoms with van der Waals surface area (Å²) < 4.78 is 0.963. The van der Waals surface area contributed by atoms with Crippen LogP contribution >= 0.6 is 15.9 Å². The van der Waals surface area contributed by atoms with Crippen LogP contribution in [0.15, 0.2) is 53.0 Å². The summed E-state index contributed by atoms with van der Waals surface area (Å²) in [6, 6.07) is 15.4. The molecule has 106 valence electrons. The molecule has 0 amide bonds. The van der Waals surface area contributed by atoms with Gasteiger partial charge in [-0.2, -0.15) is 0 Å². The number of benzene rings is 2. The average molecular weight is 336 g/mol. The molecule has 3 N–H and O–H groups in total. The van der Waals surface area contributed by atoms with E-state index in [1.54, 1.807) is 0 Å². The molecule has 0 bridgehead atoms. The molecular formula is C16H18BrNO2. The van der Waals surface area contributed by atoms with Gasteiger partial charge in [-0.25, -0.2) is 0 Å². The van der Waals surface area contributed by atoms with E-state index in [0.29, 0.717) is 13.1 Å². The van der Waals surface area contributed by atoms with Crippen molar-refractivity contribution in [1.29, 1.82) is 0 Å². The molecule has 1 atom stereocenters. The van der Waals surface area contributed by atoms with Gasteiger partial charge >= 0.3 is 0 Å². The van der Waals surface area contributed by atoms with E-state index in [1.807, 2.05) is 48.5 Å². The van der Waals surface area contributed by atoms with Crippen LogP contribution in [0.25, 0.3) is 0 Å². The summed E-state index contributed by atoms with van der Waals surface area (Å²) in [5.41, 5.74) is 2.88. The molecular weight excluding hydrogens is 318 g/mol. The molecule has 0 saturated heterocycles. The van der Waals surface area contributed by atoms with Crippen molar-refractivity contribution in [3.05, 3.63) is 69.7 Å². The lowest BCUT2D eigenvalue weighted by molar-refractivity contribution is 0.174. The van der Waals surface area contributed by atoms with Gasteiger partial charge in [0, 0.05) is 17.6 Å². The van der Waals surface area contributed by atoms with Gasteiger partial charge < -0.3 is 15.5 Å². The topological polar surface area (TPSA) is 52.5 Å². The molecule has 2 rings (SSSR count). The summed E-state index contributed by atoms with van der Waals surface area (Å²) >= 11 is 3.40. The third-order valence-electron chi connectivity index (χ3n) is 3.07. The number of nitrogens with one attached hydrogen (secondary N) is 1. The minimum atomic E-state index is -0.534. The lowest BCUT2D eigenvalue weighted by Gasteiger charge is -2.13. The van der Waals surface area contributed by atoms with E-state index in [-0.39, 0.29) is 6.61 Å². The minimum Gasteiger partial charge on any atom is -0.392 e. The van der Waals surface area contributed by atoms with Gasteiger partial charge in [-0.1, -0.05) is 52.3 Å². The monoisotopic (exact) mass is 335 g/mol. The van der Waals surface area contributed by atoms with Gasteiger partial charge in [0.15, 0.2) is 0 Å². The molecule has 20 heavy (non-hydrogen) atoms. The highest BCUT2D eigenvalue weighted by atomic mass is 79.9. The van der Waals surface area contributed by atoms with E-state index in [2.05, 4.69) is 21.2 Å². The summed E-state index contributed by atoms with van der Waals surface area (Å²) in [4.78, 5) is 0. The van der Waals surface area contributed by atoms with Crippen molar-refractivity contribution in [2.45, 2.75) is 19.3 Å². The van der Waals surface area contributed by atoms with Crippen LogP contribution in [0.1, 0.15) is 22.8 Å². The lowest BCUT2D eigenvalue weighted by atomic mass is 10.1. The molecule has 0 spiro atoms. The van der Waals surface area contributed by atoms with Crippen molar-refractivity contribution in [3.8, 4) is 0 Å².